The van der Waals surface area contributed by atoms with Crippen LogP contribution in [-0.2, 0) is 17.6 Å². The summed E-state index contributed by atoms with van der Waals surface area (Å²) in [7, 11) is 0. The van der Waals surface area contributed by atoms with E-state index < -0.39 is 5.41 Å². The van der Waals surface area contributed by atoms with E-state index in [1.165, 1.54) is 0 Å². The number of hydrogen-bond donors (Lipinski definition) is 0. The lowest BCUT2D eigenvalue weighted by molar-refractivity contribution is -0.113. The maximum Gasteiger partial charge on any atom is 0.177 e. The molecule has 1 unspecified atom stereocenters. The zero-order chi connectivity index (χ0) is 13.3. The Morgan fingerprint density at radius 1 is 1.00 bits per heavy atom. The molecule has 2 heteroatoms. The molecule has 0 N–H and O–H groups in total. The van der Waals surface area contributed by atoms with Crippen LogP contribution in [0.5, 0.6) is 0 Å². The fourth-order valence-electron chi connectivity index (χ4n) is 2.82. The Bertz CT molecular complexity index is 631. The summed E-state index contributed by atoms with van der Waals surface area (Å²) in [5.41, 5.74) is 1.79. The first kappa shape index (κ1) is 11.8. The number of carbonyl (C=O) groups excluding carboxylic acids is 2. The highest BCUT2D eigenvalue weighted by Gasteiger charge is 2.45. The molecular formula is C17H14O2. The van der Waals surface area contributed by atoms with E-state index in [0.29, 0.717) is 18.4 Å². The zero-order valence-electron chi connectivity index (χ0n) is 10.5. The molecule has 2 aromatic carbocycles. The van der Waals surface area contributed by atoms with Gasteiger partial charge in [0.25, 0.3) is 0 Å². The fourth-order valence-corrected chi connectivity index (χ4v) is 2.82. The normalized spacial score (nSPS) is 21.2. The van der Waals surface area contributed by atoms with Gasteiger partial charge in [-0.05, 0) is 24.0 Å². The van der Waals surface area contributed by atoms with Crippen LogP contribution in [0.25, 0.3) is 0 Å². The molecule has 1 aliphatic carbocycles. The monoisotopic (exact) mass is 250 g/mol. The van der Waals surface area contributed by atoms with Gasteiger partial charge in [0.1, 0.15) is 6.29 Å². The summed E-state index contributed by atoms with van der Waals surface area (Å²) in [5, 5.41) is 0. The van der Waals surface area contributed by atoms with Crippen LogP contribution in [0.3, 0.4) is 0 Å². The second-order valence-electron chi connectivity index (χ2n) is 5.10. The summed E-state index contributed by atoms with van der Waals surface area (Å²) in [6.07, 6.45) is 1.83. The number of benzene rings is 2. The highest BCUT2D eigenvalue weighted by molar-refractivity contribution is 6.13. The standard InChI is InChI=1S/C17H14O2/c18-12-17(10-13-6-2-1-3-7-13)11-14-8-4-5-9-15(14)16(17)19/h1-9,12H,10-11H2. The average Bonchev–Trinajstić information content (AvgIpc) is 2.74. The van der Waals surface area contributed by atoms with E-state index in [-0.39, 0.29) is 5.78 Å². The molecule has 3 rings (SSSR count). The van der Waals surface area contributed by atoms with Gasteiger partial charge in [-0.3, -0.25) is 4.79 Å². The molecule has 0 radical (unpaired) electrons. The highest BCUT2D eigenvalue weighted by Crippen LogP contribution is 2.37. The fraction of sp³-hybridized carbons (Fsp3) is 0.176. The Morgan fingerprint density at radius 3 is 2.37 bits per heavy atom. The van der Waals surface area contributed by atoms with Gasteiger partial charge in [-0.2, -0.15) is 0 Å². The second-order valence-corrected chi connectivity index (χ2v) is 5.10. The largest absolute Gasteiger partial charge is 0.302 e. The third-order valence-electron chi connectivity index (χ3n) is 3.81. The smallest absolute Gasteiger partial charge is 0.177 e. The van der Waals surface area contributed by atoms with Gasteiger partial charge in [0.15, 0.2) is 5.78 Å². The number of Topliss-reactive ketones (excluding diaryl/α,β-unsaturated/α-hetero) is 1. The van der Waals surface area contributed by atoms with Crippen molar-refractivity contribution >= 4 is 12.1 Å². The third kappa shape index (κ3) is 1.89. The van der Waals surface area contributed by atoms with Gasteiger partial charge >= 0.3 is 0 Å². The average molecular weight is 250 g/mol. The summed E-state index contributed by atoms with van der Waals surface area (Å²) >= 11 is 0. The van der Waals surface area contributed by atoms with Crippen LogP contribution in [-0.4, -0.2) is 12.1 Å². The van der Waals surface area contributed by atoms with Crippen molar-refractivity contribution in [3.05, 3.63) is 71.3 Å². The van der Waals surface area contributed by atoms with Crippen LogP contribution in [0, 0.1) is 5.41 Å². The molecule has 0 aliphatic heterocycles. The van der Waals surface area contributed by atoms with Crippen molar-refractivity contribution in [3.8, 4) is 0 Å². The molecule has 0 saturated carbocycles. The Hall–Kier alpha value is -2.22. The van der Waals surface area contributed by atoms with Gasteiger partial charge in [0, 0.05) is 5.56 Å². The predicted molar refractivity (Wildman–Crippen MR) is 73.1 cm³/mol. The Morgan fingerprint density at radius 2 is 1.68 bits per heavy atom. The third-order valence-corrected chi connectivity index (χ3v) is 3.81. The maximum absolute atomic E-state index is 12.5. The predicted octanol–water partition coefficient (Wildman–Crippen LogP) is 2.85. The molecule has 0 bridgehead atoms. The first-order chi connectivity index (χ1) is 9.25. The zero-order valence-corrected chi connectivity index (χ0v) is 10.5. The highest BCUT2D eigenvalue weighted by atomic mass is 16.1. The van der Waals surface area contributed by atoms with Gasteiger partial charge in [0.2, 0.25) is 0 Å². The molecule has 0 heterocycles. The van der Waals surface area contributed by atoms with Crippen molar-refractivity contribution in [1.82, 2.24) is 0 Å². The van der Waals surface area contributed by atoms with Crippen molar-refractivity contribution in [3.63, 3.8) is 0 Å². The summed E-state index contributed by atoms with van der Waals surface area (Å²) < 4.78 is 0. The van der Waals surface area contributed by atoms with Crippen molar-refractivity contribution in [2.24, 2.45) is 5.41 Å². The minimum atomic E-state index is -0.912. The quantitative estimate of drug-likeness (QED) is 0.620. The van der Waals surface area contributed by atoms with Gasteiger partial charge in [-0.1, -0.05) is 54.6 Å². The molecule has 2 nitrogen and oxygen atoms in total. The van der Waals surface area contributed by atoms with Crippen molar-refractivity contribution in [1.29, 1.82) is 0 Å². The molecule has 1 atom stereocenters. The van der Waals surface area contributed by atoms with E-state index in [1.54, 1.807) is 0 Å². The maximum atomic E-state index is 12.5. The molecule has 2 aromatic rings. The summed E-state index contributed by atoms with van der Waals surface area (Å²) in [6.45, 7) is 0. The molecule has 19 heavy (non-hydrogen) atoms. The first-order valence-corrected chi connectivity index (χ1v) is 6.38. The molecule has 0 spiro atoms. The van der Waals surface area contributed by atoms with Crippen molar-refractivity contribution in [2.45, 2.75) is 12.8 Å². The molecule has 0 saturated heterocycles. The minimum absolute atomic E-state index is 0.0399. The molecular weight excluding hydrogens is 236 g/mol. The SMILES string of the molecule is O=CC1(Cc2ccccc2)Cc2ccccc2C1=O. The molecule has 0 amide bonds. The number of fused-ring (bicyclic) bond motifs is 1. The van der Waals surface area contributed by atoms with Crippen molar-refractivity contribution in [2.75, 3.05) is 0 Å². The van der Waals surface area contributed by atoms with E-state index >= 15 is 0 Å². The van der Waals surface area contributed by atoms with Crippen LogP contribution in [0.15, 0.2) is 54.6 Å². The van der Waals surface area contributed by atoms with E-state index in [0.717, 1.165) is 17.4 Å². The van der Waals surface area contributed by atoms with Crippen LogP contribution < -0.4 is 0 Å². The Balaban J connectivity index is 1.99. The van der Waals surface area contributed by atoms with Gasteiger partial charge < -0.3 is 4.79 Å². The van der Waals surface area contributed by atoms with Crippen LogP contribution in [0.2, 0.25) is 0 Å². The molecule has 0 aromatic heterocycles. The van der Waals surface area contributed by atoms with Crippen molar-refractivity contribution < 1.29 is 9.59 Å². The lowest BCUT2D eigenvalue weighted by Crippen LogP contribution is -2.32. The van der Waals surface area contributed by atoms with Crippen LogP contribution >= 0.6 is 0 Å². The summed E-state index contributed by atoms with van der Waals surface area (Å²) in [4.78, 5) is 24.1. The van der Waals surface area contributed by atoms with Gasteiger partial charge in [-0.25, -0.2) is 0 Å². The number of hydrogen-bond acceptors (Lipinski definition) is 2. The molecule has 0 fully saturated rings. The van der Waals surface area contributed by atoms with Crippen LogP contribution in [0.4, 0.5) is 0 Å². The number of ketones is 1. The van der Waals surface area contributed by atoms with E-state index in [2.05, 4.69) is 0 Å². The first-order valence-electron chi connectivity index (χ1n) is 6.38. The Kier molecular flexibility index (Phi) is 2.79. The number of carbonyl (C=O) groups is 2. The minimum Gasteiger partial charge on any atom is -0.302 e. The number of aldehydes is 1. The Labute approximate surface area is 112 Å². The van der Waals surface area contributed by atoms with E-state index in [4.69, 9.17) is 0 Å². The van der Waals surface area contributed by atoms with Crippen LogP contribution in [0.1, 0.15) is 21.5 Å². The van der Waals surface area contributed by atoms with Gasteiger partial charge in [0.05, 0.1) is 5.41 Å². The molecule has 94 valence electrons. The van der Waals surface area contributed by atoms with E-state index in [9.17, 15) is 9.59 Å². The molecule has 1 aliphatic rings. The lowest BCUT2D eigenvalue weighted by Gasteiger charge is -2.20. The number of rotatable bonds is 3. The summed E-state index contributed by atoms with van der Waals surface area (Å²) in [6, 6.07) is 17.2. The lowest BCUT2D eigenvalue weighted by atomic mass is 9.79. The van der Waals surface area contributed by atoms with Gasteiger partial charge in [-0.15, -0.1) is 0 Å². The second kappa shape index (κ2) is 4.47. The summed E-state index contributed by atoms with van der Waals surface area (Å²) in [5.74, 6) is -0.0399. The topological polar surface area (TPSA) is 34.1 Å². The van der Waals surface area contributed by atoms with E-state index in [1.807, 2.05) is 54.6 Å².